The molecule has 3 rings (SSSR count). The summed E-state index contributed by atoms with van der Waals surface area (Å²) in [6, 6.07) is 7.33. The molecule has 6 nitrogen and oxygen atoms in total. The van der Waals surface area contributed by atoms with E-state index >= 15 is 0 Å². The van der Waals surface area contributed by atoms with Gasteiger partial charge in [0.25, 0.3) is 0 Å². The Morgan fingerprint density at radius 2 is 1.84 bits per heavy atom. The molecule has 1 aromatic heterocycles. The predicted molar refractivity (Wildman–Crippen MR) is 107 cm³/mol. The summed E-state index contributed by atoms with van der Waals surface area (Å²) in [7, 11) is 0. The molecule has 162 valence electrons. The van der Waals surface area contributed by atoms with Crippen LogP contribution < -0.4 is 5.32 Å². The zero-order valence-electron chi connectivity index (χ0n) is 15.8. The van der Waals surface area contributed by atoms with Gasteiger partial charge in [0.1, 0.15) is 21.8 Å². The number of benzene rings is 2. The number of carbonyl (C=O) groups excluding carboxylic acids is 2. The Kier molecular flexibility index (Phi) is 5.98. The molecule has 1 heterocycles. The third-order valence-electron chi connectivity index (χ3n) is 4.27. The molecule has 11 heteroatoms. The van der Waals surface area contributed by atoms with E-state index in [-0.39, 0.29) is 44.5 Å². The quantitative estimate of drug-likeness (QED) is 0.290. The van der Waals surface area contributed by atoms with E-state index in [1.54, 1.807) is 12.2 Å². The van der Waals surface area contributed by atoms with Gasteiger partial charge in [0.15, 0.2) is 0 Å². The second-order valence-electron chi connectivity index (χ2n) is 6.31. The van der Waals surface area contributed by atoms with Crippen LogP contribution in [0, 0.1) is 10.5 Å². The highest BCUT2D eigenvalue weighted by atomic mass is 32.1. The van der Waals surface area contributed by atoms with E-state index in [4.69, 9.17) is 17.0 Å². The summed E-state index contributed by atoms with van der Waals surface area (Å²) in [6.07, 6.45) is -5.04. The van der Waals surface area contributed by atoms with E-state index in [0.29, 0.717) is 0 Å². The Morgan fingerprint density at radius 1 is 1.19 bits per heavy atom. The highest BCUT2D eigenvalue weighted by Gasteiger charge is 2.38. The lowest BCUT2D eigenvalue weighted by Gasteiger charge is -2.12. The number of hydrogen-bond acceptors (Lipinski definition) is 5. The molecule has 0 atom stereocenters. The third-order valence-corrected chi connectivity index (χ3v) is 4.57. The SMILES string of the molecule is CCOC(=O)c1c(O)c2cc(F)c(-c3ccc(NC(=O)C(F)(F)F)cc3)cc2[nH]c1=S. The number of amides is 1. The number of anilines is 1. The number of pyridine rings is 1. The highest BCUT2D eigenvalue weighted by Crippen LogP contribution is 2.34. The second kappa shape index (κ2) is 8.34. The first kappa shape index (κ1) is 22.2. The lowest BCUT2D eigenvalue weighted by Crippen LogP contribution is -2.29. The summed E-state index contributed by atoms with van der Waals surface area (Å²) in [5.41, 5.74) is 0.152. The van der Waals surface area contributed by atoms with Gasteiger partial charge in [0.2, 0.25) is 0 Å². The maximum absolute atomic E-state index is 14.7. The summed E-state index contributed by atoms with van der Waals surface area (Å²) in [5, 5.41) is 12.1. The number of aromatic amines is 1. The minimum atomic E-state index is -5.04. The molecule has 0 aliphatic rings. The minimum absolute atomic E-state index is 0.00744. The number of H-pyrrole nitrogens is 1. The van der Waals surface area contributed by atoms with E-state index in [1.165, 1.54) is 30.3 Å². The number of nitrogens with one attached hydrogen (secondary N) is 2. The Hall–Kier alpha value is -3.47. The molecule has 3 aromatic rings. The predicted octanol–water partition coefficient (Wildman–Crippen LogP) is 5.09. The van der Waals surface area contributed by atoms with Crippen molar-refractivity contribution >= 4 is 40.7 Å². The van der Waals surface area contributed by atoms with E-state index in [0.717, 1.165) is 6.07 Å². The molecule has 0 spiro atoms. The molecule has 0 saturated carbocycles. The van der Waals surface area contributed by atoms with Gasteiger partial charge in [0.05, 0.1) is 12.1 Å². The molecule has 2 aromatic carbocycles. The summed E-state index contributed by atoms with van der Waals surface area (Å²) in [6.45, 7) is 1.63. The molecular formula is C20H14F4N2O4S. The lowest BCUT2D eigenvalue weighted by atomic mass is 10.0. The lowest BCUT2D eigenvalue weighted by molar-refractivity contribution is -0.167. The third kappa shape index (κ3) is 4.50. The molecule has 0 bridgehead atoms. The fourth-order valence-electron chi connectivity index (χ4n) is 2.85. The van der Waals surface area contributed by atoms with Crippen molar-refractivity contribution in [2.24, 2.45) is 0 Å². The number of fused-ring (bicyclic) bond motifs is 1. The number of ether oxygens (including phenoxy) is 1. The van der Waals surface area contributed by atoms with Gasteiger partial charge in [-0.3, -0.25) is 4.79 Å². The van der Waals surface area contributed by atoms with Gasteiger partial charge in [-0.2, -0.15) is 13.2 Å². The molecule has 0 unspecified atom stereocenters. The van der Waals surface area contributed by atoms with E-state index < -0.39 is 29.6 Å². The van der Waals surface area contributed by atoms with Crippen LogP contribution in [0.3, 0.4) is 0 Å². The van der Waals surface area contributed by atoms with Crippen LogP contribution in [0.1, 0.15) is 17.3 Å². The number of alkyl halides is 3. The average molecular weight is 454 g/mol. The number of carbonyl (C=O) groups is 2. The number of aromatic nitrogens is 1. The van der Waals surface area contributed by atoms with Crippen LogP contribution in [-0.4, -0.2) is 34.8 Å². The number of esters is 1. The smallest absolute Gasteiger partial charge is 0.471 e. The standard InChI is InChI=1S/C20H14F4N2O4S/c1-2-30-18(28)15-16(27)12-7-13(21)11(8-14(12)26-17(15)31)9-3-5-10(6-4-9)25-19(29)20(22,23)24/h3-8H,2H2,1H3,(H,25,29)(H2,26,27,31). The first-order valence-corrected chi connectivity index (χ1v) is 9.18. The fourth-order valence-corrected chi connectivity index (χ4v) is 3.14. The zero-order valence-corrected chi connectivity index (χ0v) is 16.6. The molecule has 0 fully saturated rings. The van der Waals surface area contributed by atoms with Crippen molar-refractivity contribution in [1.82, 2.24) is 4.98 Å². The van der Waals surface area contributed by atoms with Crippen molar-refractivity contribution < 1.29 is 37.0 Å². The molecule has 3 N–H and O–H groups in total. The van der Waals surface area contributed by atoms with Crippen LogP contribution in [0.5, 0.6) is 5.75 Å². The highest BCUT2D eigenvalue weighted by molar-refractivity contribution is 7.71. The van der Waals surface area contributed by atoms with Crippen LogP contribution in [0.25, 0.3) is 22.0 Å². The summed E-state index contributed by atoms with van der Waals surface area (Å²) < 4.78 is 56.5. The normalized spacial score (nSPS) is 11.4. The van der Waals surface area contributed by atoms with Crippen LogP contribution in [0.4, 0.5) is 23.2 Å². The molecule has 0 aliphatic heterocycles. The van der Waals surface area contributed by atoms with Crippen LogP contribution in [0.2, 0.25) is 0 Å². The number of rotatable bonds is 4. The number of hydrogen-bond donors (Lipinski definition) is 3. The van der Waals surface area contributed by atoms with Gasteiger partial charge in [-0.25, -0.2) is 9.18 Å². The first-order valence-electron chi connectivity index (χ1n) is 8.77. The minimum Gasteiger partial charge on any atom is -0.506 e. The van der Waals surface area contributed by atoms with Gasteiger partial charge in [-0.1, -0.05) is 24.4 Å². The van der Waals surface area contributed by atoms with Crippen LogP contribution >= 0.6 is 12.2 Å². The first-order chi connectivity index (χ1) is 14.5. The number of halogens is 4. The fraction of sp³-hybridized carbons (Fsp3) is 0.150. The van der Waals surface area contributed by atoms with Crippen molar-refractivity contribution in [2.45, 2.75) is 13.1 Å². The Morgan fingerprint density at radius 3 is 2.42 bits per heavy atom. The molecule has 0 radical (unpaired) electrons. The second-order valence-corrected chi connectivity index (χ2v) is 6.71. The van der Waals surface area contributed by atoms with Crippen molar-refractivity contribution in [1.29, 1.82) is 0 Å². The Balaban J connectivity index is 2.01. The summed E-state index contributed by atoms with van der Waals surface area (Å²) in [4.78, 5) is 25.7. The van der Waals surface area contributed by atoms with Crippen molar-refractivity contribution in [3.8, 4) is 16.9 Å². The Bertz CT molecular complexity index is 1240. The molecule has 0 saturated heterocycles. The molecule has 31 heavy (non-hydrogen) atoms. The average Bonchev–Trinajstić information content (AvgIpc) is 2.68. The largest absolute Gasteiger partial charge is 0.506 e. The van der Waals surface area contributed by atoms with E-state index in [2.05, 4.69) is 4.98 Å². The Labute approximate surface area is 177 Å². The maximum Gasteiger partial charge on any atom is 0.471 e. The molecule has 0 aliphatic carbocycles. The summed E-state index contributed by atoms with van der Waals surface area (Å²) in [5.74, 6) is -4.29. The van der Waals surface area contributed by atoms with Gasteiger partial charge in [0, 0.05) is 16.6 Å². The van der Waals surface area contributed by atoms with E-state index in [1.807, 2.05) is 0 Å². The van der Waals surface area contributed by atoms with Gasteiger partial charge in [-0.15, -0.1) is 0 Å². The van der Waals surface area contributed by atoms with Crippen molar-refractivity contribution in [3.05, 3.63) is 52.4 Å². The van der Waals surface area contributed by atoms with Crippen LogP contribution in [-0.2, 0) is 9.53 Å². The molecular weight excluding hydrogens is 440 g/mol. The van der Waals surface area contributed by atoms with Crippen molar-refractivity contribution in [3.63, 3.8) is 0 Å². The number of aromatic hydroxyl groups is 1. The zero-order chi connectivity index (χ0) is 22.9. The van der Waals surface area contributed by atoms with E-state index in [9.17, 15) is 32.3 Å². The monoisotopic (exact) mass is 454 g/mol. The van der Waals surface area contributed by atoms with Gasteiger partial charge >= 0.3 is 18.1 Å². The molecule has 1 amide bonds. The maximum atomic E-state index is 14.7. The summed E-state index contributed by atoms with van der Waals surface area (Å²) >= 11 is 5.10. The van der Waals surface area contributed by atoms with Crippen LogP contribution in [0.15, 0.2) is 36.4 Å². The van der Waals surface area contributed by atoms with Gasteiger partial charge in [-0.05, 0) is 36.8 Å². The topological polar surface area (TPSA) is 91.4 Å². The van der Waals surface area contributed by atoms with Crippen molar-refractivity contribution in [2.75, 3.05) is 11.9 Å². The van der Waals surface area contributed by atoms with Gasteiger partial charge < -0.3 is 20.1 Å².